The summed E-state index contributed by atoms with van der Waals surface area (Å²) in [5.41, 5.74) is 3.78. The second kappa shape index (κ2) is 5.64. The Kier molecular flexibility index (Phi) is 4.32. The van der Waals surface area contributed by atoms with Crippen LogP contribution < -0.4 is 0 Å². The van der Waals surface area contributed by atoms with Crippen LogP contribution in [0.4, 0.5) is 0 Å². The lowest BCUT2D eigenvalue weighted by atomic mass is 9.91. The molecule has 1 aromatic carbocycles. The normalized spacial score (nSPS) is 18.2. The van der Waals surface area contributed by atoms with Crippen molar-refractivity contribution in [1.82, 2.24) is 4.90 Å². The molecule has 1 aromatic rings. The maximum absolute atomic E-state index is 9.96. The summed E-state index contributed by atoms with van der Waals surface area (Å²) in [6.45, 7) is 11.1. The predicted octanol–water partition coefficient (Wildman–Crippen LogP) is 3.33. The van der Waals surface area contributed by atoms with Crippen molar-refractivity contribution < 1.29 is 5.11 Å². The second-order valence-electron chi connectivity index (χ2n) is 6.61. The zero-order valence-electron chi connectivity index (χ0n) is 12.7. The van der Waals surface area contributed by atoms with E-state index in [1.54, 1.807) is 0 Å². The Morgan fingerprint density at radius 2 is 2.05 bits per heavy atom. The lowest BCUT2D eigenvalue weighted by Gasteiger charge is -2.33. The molecule has 0 saturated carbocycles. The summed E-state index contributed by atoms with van der Waals surface area (Å²) in [4.78, 5) is 2.36. The largest absolute Gasteiger partial charge is 0.389 e. The van der Waals surface area contributed by atoms with Gasteiger partial charge in [0.25, 0.3) is 0 Å². The highest BCUT2D eigenvalue weighted by Gasteiger charge is 2.22. The van der Waals surface area contributed by atoms with Crippen molar-refractivity contribution in [2.75, 3.05) is 13.1 Å². The summed E-state index contributed by atoms with van der Waals surface area (Å²) in [5.74, 6) is 0.634. The van der Waals surface area contributed by atoms with E-state index in [9.17, 15) is 5.11 Å². The van der Waals surface area contributed by atoms with Crippen LogP contribution in [-0.2, 0) is 13.0 Å². The molecule has 1 unspecified atom stereocenters. The fourth-order valence-electron chi connectivity index (χ4n) is 2.86. The van der Waals surface area contributed by atoms with E-state index in [-0.39, 0.29) is 0 Å². The lowest BCUT2D eigenvalue weighted by molar-refractivity contribution is 0.0317. The Bertz CT molecular complexity index is 433. The summed E-state index contributed by atoms with van der Waals surface area (Å²) >= 11 is 0. The van der Waals surface area contributed by atoms with Crippen molar-refractivity contribution in [2.45, 2.75) is 58.6 Å². The Hall–Kier alpha value is -0.860. The van der Waals surface area contributed by atoms with Crippen LogP contribution in [0.25, 0.3) is 0 Å². The van der Waals surface area contributed by atoms with Crippen molar-refractivity contribution >= 4 is 0 Å². The van der Waals surface area contributed by atoms with Gasteiger partial charge in [-0.15, -0.1) is 0 Å². The van der Waals surface area contributed by atoms with Crippen LogP contribution >= 0.6 is 0 Å². The summed E-state index contributed by atoms with van der Waals surface area (Å²) in [6, 6.07) is 6.97. The van der Waals surface area contributed by atoms with Gasteiger partial charge in [0.15, 0.2) is 0 Å². The highest BCUT2D eigenvalue weighted by atomic mass is 16.3. The molecule has 0 aliphatic carbocycles. The van der Waals surface area contributed by atoms with Gasteiger partial charge in [-0.25, -0.2) is 0 Å². The smallest absolute Gasteiger partial charge is 0.0718 e. The average Bonchev–Trinajstić information content (AvgIpc) is 2.35. The summed E-state index contributed by atoms with van der Waals surface area (Å²) in [6.07, 6.45) is 2.29. The number of hydrogen-bond donors (Lipinski definition) is 1. The second-order valence-corrected chi connectivity index (χ2v) is 6.61. The number of nitrogens with zero attached hydrogens (tertiary/aromatic N) is 1. The van der Waals surface area contributed by atoms with Crippen LogP contribution in [0.2, 0.25) is 0 Å². The molecule has 1 atom stereocenters. The fraction of sp³-hybridized carbons (Fsp3) is 0.647. The van der Waals surface area contributed by atoms with Crippen LogP contribution in [0.5, 0.6) is 0 Å². The van der Waals surface area contributed by atoms with Gasteiger partial charge in [-0.1, -0.05) is 32.0 Å². The number of fused-ring (bicyclic) bond motifs is 1. The van der Waals surface area contributed by atoms with Crippen LogP contribution in [0.1, 0.15) is 56.7 Å². The molecular weight excluding hydrogens is 234 g/mol. The van der Waals surface area contributed by atoms with Gasteiger partial charge in [0.1, 0.15) is 0 Å². The Morgan fingerprint density at radius 1 is 1.32 bits per heavy atom. The average molecular weight is 261 g/mol. The number of aliphatic hydroxyl groups is 1. The number of benzene rings is 1. The molecule has 0 spiro atoms. The maximum atomic E-state index is 9.96. The van der Waals surface area contributed by atoms with Crippen molar-refractivity contribution in [2.24, 2.45) is 0 Å². The summed E-state index contributed by atoms with van der Waals surface area (Å²) < 4.78 is 0. The standard InChI is InChI=1S/C17H27NO/c1-5-13(2)15-7-6-14-8-9-18(11-16(14)10-15)12-17(3,4)19/h6-7,10,13,19H,5,8-9,11-12H2,1-4H3. The van der Waals surface area contributed by atoms with Crippen LogP contribution in [-0.4, -0.2) is 28.7 Å². The van der Waals surface area contributed by atoms with Gasteiger partial charge < -0.3 is 5.11 Å². The van der Waals surface area contributed by atoms with Crippen LogP contribution in [0.3, 0.4) is 0 Å². The first-order valence-corrected chi connectivity index (χ1v) is 7.45. The molecule has 106 valence electrons. The van der Waals surface area contributed by atoms with Crippen LogP contribution in [0.15, 0.2) is 18.2 Å². The monoisotopic (exact) mass is 261 g/mol. The van der Waals surface area contributed by atoms with E-state index in [0.717, 1.165) is 26.1 Å². The molecule has 1 N–H and O–H groups in total. The van der Waals surface area contributed by atoms with Gasteiger partial charge in [0, 0.05) is 19.6 Å². The number of hydrogen-bond acceptors (Lipinski definition) is 2. The predicted molar refractivity (Wildman–Crippen MR) is 80.4 cm³/mol. The molecule has 1 aliphatic rings. The van der Waals surface area contributed by atoms with Gasteiger partial charge in [-0.3, -0.25) is 4.90 Å². The minimum absolute atomic E-state index is 0.605. The van der Waals surface area contributed by atoms with Gasteiger partial charge in [0.05, 0.1) is 5.60 Å². The zero-order valence-corrected chi connectivity index (χ0v) is 12.7. The van der Waals surface area contributed by atoms with E-state index in [1.165, 1.54) is 23.1 Å². The molecular formula is C17H27NO. The number of β-amino-alcohol motifs (C(OH)–C–C–N with tert-alkyl or cyclic N) is 1. The first-order valence-electron chi connectivity index (χ1n) is 7.45. The van der Waals surface area contributed by atoms with Gasteiger partial charge in [0.2, 0.25) is 0 Å². The van der Waals surface area contributed by atoms with Gasteiger partial charge in [-0.2, -0.15) is 0 Å². The maximum Gasteiger partial charge on any atom is 0.0718 e. The molecule has 2 nitrogen and oxygen atoms in total. The molecule has 2 rings (SSSR count). The molecule has 0 radical (unpaired) electrons. The number of rotatable bonds is 4. The van der Waals surface area contributed by atoms with E-state index < -0.39 is 5.60 Å². The van der Waals surface area contributed by atoms with Gasteiger partial charge in [-0.05, 0) is 49.3 Å². The first kappa shape index (κ1) is 14.5. The molecule has 2 heteroatoms. The Morgan fingerprint density at radius 3 is 2.68 bits per heavy atom. The lowest BCUT2D eigenvalue weighted by Crippen LogP contribution is -2.41. The molecule has 0 saturated heterocycles. The zero-order chi connectivity index (χ0) is 14.0. The molecule has 0 bridgehead atoms. The quantitative estimate of drug-likeness (QED) is 0.898. The summed E-state index contributed by atoms with van der Waals surface area (Å²) in [7, 11) is 0. The molecule has 0 aromatic heterocycles. The van der Waals surface area contributed by atoms with E-state index in [2.05, 4.69) is 36.9 Å². The molecule has 19 heavy (non-hydrogen) atoms. The third kappa shape index (κ3) is 3.80. The Labute approximate surface area is 117 Å². The molecule has 1 heterocycles. The van der Waals surface area contributed by atoms with E-state index >= 15 is 0 Å². The third-order valence-electron chi connectivity index (χ3n) is 4.11. The summed E-state index contributed by atoms with van der Waals surface area (Å²) in [5, 5.41) is 9.96. The van der Waals surface area contributed by atoms with Crippen molar-refractivity contribution in [1.29, 1.82) is 0 Å². The van der Waals surface area contributed by atoms with Crippen molar-refractivity contribution in [3.8, 4) is 0 Å². The van der Waals surface area contributed by atoms with Crippen molar-refractivity contribution in [3.63, 3.8) is 0 Å². The Balaban J connectivity index is 2.14. The topological polar surface area (TPSA) is 23.5 Å². The SMILES string of the molecule is CCC(C)c1ccc2c(c1)CN(CC(C)(C)O)CC2. The fourth-order valence-corrected chi connectivity index (χ4v) is 2.86. The van der Waals surface area contributed by atoms with Crippen molar-refractivity contribution in [3.05, 3.63) is 34.9 Å². The minimum atomic E-state index is -0.605. The van der Waals surface area contributed by atoms with Crippen LogP contribution in [0, 0.1) is 0 Å². The van der Waals surface area contributed by atoms with E-state index in [4.69, 9.17) is 0 Å². The highest BCUT2D eigenvalue weighted by Crippen LogP contribution is 2.26. The van der Waals surface area contributed by atoms with E-state index in [0.29, 0.717) is 5.92 Å². The highest BCUT2D eigenvalue weighted by molar-refractivity contribution is 5.35. The van der Waals surface area contributed by atoms with Gasteiger partial charge >= 0.3 is 0 Å². The minimum Gasteiger partial charge on any atom is -0.389 e. The first-order chi connectivity index (χ1) is 8.89. The molecule has 0 amide bonds. The third-order valence-corrected chi connectivity index (χ3v) is 4.11. The van der Waals surface area contributed by atoms with E-state index in [1.807, 2.05) is 13.8 Å². The molecule has 1 aliphatic heterocycles. The molecule has 0 fully saturated rings.